The Balaban J connectivity index is 1.22. The van der Waals surface area contributed by atoms with Crippen molar-refractivity contribution in [2.75, 3.05) is 44.3 Å². The maximum Gasteiger partial charge on any atom is 0.273 e. The van der Waals surface area contributed by atoms with Crippen LogP contribution < -0.4 is 10.2 Å². The third-order valence-electron chi connectivity index (χ3n) is 5.62. The van der Waals surface area contributed by atoms with E-state index in [4.69, 9.17) is 0 Å². The van der Waals surface area contributed by atoms with Crippen molar-refractivity contribution in [3.63, 3.8) is 0 Å². The van der Waals surface area contributed by atoms with E-state index >= 15 is 0 Å². The molecule has 29 heavy (non-hydrogen) atoms. The lowest BCUT2D eigenvalue weighted by Gasteiger charge is -2.34. The average molecular weight is 392 g/mol. The van der Waals surface area contributed by atoms with Crippen molar-refractivity contribution in [3.8, 4) is 0 Å². The van der Waals surface area contributed by atoms with Crippen molar-refractivity contribution >= 4 is 11.9 Å². The smallest absolute Gasteiger partial charge is 0.273 e. The summed E-state index contributed by atoms with van der Waals surface area (Å²) in [5, 5.41) is 7.02. The standard InChI is InChI=1S/C20H24N8O/c29-19-18-3-2-16(10-17(18)12-28(19)27-5-1-4-21-15-27)11-25-6-8-26(9-7-25)20-23-13-22-14-24-20/h1-3,5,10,13-14,21H,4,6-9,11-12,15H2. The molecule has 0 radical (unpaired) electrons. The summed E-state index contributed by atoms with van der Waals surface area (Å²) in [6.45, 7) is 6.73. The predicted octanol–water partition coefficient (Wildman–Crippen LogP) is 0.441. The summed E-state index contributed by atoms with van der Waals surface area (Å²) in [6.07, 6.45) is 7.09. The Hall–Kier alpha value is -3.04. The molecule has 1 saturated heterocycles. The summed E-state index contributed by atoms with van der Waals surface area (Å²) >= 11 is 0. The molecule has 1 amide bonds. The second-order valence-corrected chi connectivity index (χ2v) is 7.49. The van der Waals surface area contributed by atoms with E-state index in [0.29, 0.717) is 13.2 Å². The number of piperazine rings is 1. The number of carbonyl (C=O) groups is 1. The first-order valence-electron chi connectivity index (χ1n) is 9.95. The van der Waals surface area contributed by atoms with E-state index in [-0.39, 0.29) is 5.91 Å². The van der Waals surface area contributed by atoms with Crippen LogP contribution in [0.3, 0.4) is 0 Å². The summed E-state index contributed by atoms with van der Waals surface area (Å²) in [6, 6.07) is 6.25. The predicted molar refractivity (Wildman–Crippen MR) is 107 cm³/mol. The summed E-state index contributed by atoms with van der Waals surface area (Å²) in [7, 11) is 0. The zero-order valence-electron chi connectivity index (χ0n) is 16.2. The van der Waals surface area contributed by atoms with Gasteiger partial charge in [-0.25, -0.2) is 20.0 Å². The quantitative estimate of drug-likeness (QED) is 0.803. The number of fused-ring (bicyclic) bond motifs is 1. The molecule has 9 nitrogen and oxygen atoms in total. The zero-order valence-corrected chi connectivity index (χ0v) is 16.2. The lowest BCUT2D eigenvalue weighted by Crippen LogP contribution is -2.46. The molecule has 9 heteroatoms. The largest absolute Gasteiger partial charge is 0.338 e. The molecule has 5 rings (SSSR count). The third kappa shape index (κ3) is 3.66. The molecule has 1 N–H and O–H groups in total. The molecule has 0 saturated carbocycles. The van der Waals surface area contributed by atoms with Gasteiger partial charge in [-0.2, -0.15) is 0 Å². The molecule has 4 heterocycles. The number of nitrogens with zero attached hydrogens (tertiary/aromatic N) is 7. The molecular weight excluding hydrogens is 368 g/mol. The molecule has 2 aromatic rings. The Morgan fingerprint density at radius 3 is 2.66 bits per heavy atom. The number of carbonyl (C=O) groups excluding carboxylic acids is 1. The molecule has 0 bridgehead atoms. The number of anilines is 1. The van der Waals surface area contributed by atoms with E-state index in [9.17, 15) is 4.79 Å². The van der Waals surface area contributed by atoms with Crippen molar-refractivity contribution in [3.05, 3.63) is 59.8 Å². The molecule has 3 aliphatic rings. The van der Waals surface area contributed by atoms with E-state index < -0.39 is 0 Å². The summed E-state index contributed by atoms with van der Waals surface area (Å²) in [4.78, 5) is 29.7. The van der Waals surface area contributed by atoms with Crippen LogP contribution in [-0.4, -0.2) is 75.2 Å². The lowest BCUT2D eigenvalue weighted by atomic mass is 10.1. The number of hydrazine groups is 1. The van der Waals surface area contributed by atoms with Gasteiger partial charge in [0.15, 0.2) is 0 Å². The number of hydrogen-bond acceptors (Lipinski definition) is 8. The minimum Gasteiger partial charge on any atom is -0.338 e. The maximum atomic E-state index is 12.8. The van der Waals surface area contributed by atoms with Crippen LogP contribution in [0.2, 0.25) is 0 Å². The molecule has 0 atom stereocenters. The molecule has 0 aliphatic carbocycles. The summed E-state index contributed by atoms with van der Waals surface area (Å²) < 4.78 is 0. The minimum absolute atomic E-state index is 0.0749. The van der Waals surface area contributed by atoms with Gasteiger partial charge < -0.3 is 4.90 Å². The lowest BCUT2D eigenvalue weighted by molar-refractivity contribution is 0.0142. The second kappa shape index (κ2) is 7.76. The van der Waals surface area contributed by atoms with Gasteiger partial charge in [0, 0.05) is 51.0 Å². The SMILES string of the molecule is O=C1c2ccc(CN3CCN(c4ncncn4)CC3)cc2CN1N1C=CCNC1. The molecule has 1 aromatic heterocycles. The number of aromatic nitrogens is 3. The van der Waals surface area contributed by atoms with Crippen LogP contribution in [0.5, 0.6) is 0 Å². The Morgan fingerprint density at radius 1 is 1.07 bits per heavy atom. The fraction of sp³-hybridized carbons (Fsp3) is 0.400. The van der Waals surface area contributed by atoms with Gasteiger partial charge in [0.05, 0.1) is 13.2 Å². The van der Waals surface area contributed by atoms with E-state index in [1.807, 2.05) is 28.4 Å². The highest BCUT2D eigenvalue weighted by Gasteiger charge is 2.31. The van der Waals surface area contributed by atoms with Crippen molar-refractivity contribution in [1.29, 1.82) is 0 Å². The van der Waals surface area contributed by atoms with Crippen LogP contribution >= 0.6 is 0 Å². The number of nitrogens with one attached hydrogen (secondary N) is 1. The zero-order chi connectivity index (χ0) is 19.6. The normalized spacial score (nSPS) is 19.7. The highest BCUT2D eigenvalue weighted by molar-refractivity contribution is 5.98. The van der Waals surface area contributed by atoms with Crippen LogP contribution in [-0.2, 0) is 13.1 Å². The Kier molecular flexibility index (Phi) is 4.82. The fourth-order valence-electron chi connectivity index (χ4n) is 4.08. The molecule has 3 aliphatic heterocycles. The van der Waals surface area contributed by atoms with Crippen LogP contribution in [0.1, 0.15) is 21.5 Å². The molecular formula is C20H24N8O. The van der Waals surface area contributed by atoms with E-state index in [1.54, 1.807) is 12.7 Å². The number of hydrogen-bond donors (Lipinski definition) is 1. The van der Waals surface area contributed by atoms with Crippen molar-refractivity contribution in [2.45, 2.75) is 13.1 Å². The Labute approximate surface area is 169 Å². The Bertz CT molecular complexity index is 910. The Morgan fingerprint density at radius 2 is 1.90 bits per heavy atom. The van der Waals surface area contributed by atoms with Crippen LogP contribution in [0.25, 0.3) is 0 Å². The van der Waals surface area contributed by atoms with Crippen molar-refractivity contribution in [1.82, 2.24) is 35.2 Å². The topological polar surface area (TPSA) is 80.7 Å². The van der Waals surface area contributed by atoms with Gasteiger partial charge in [-0.1, -0.05) is 18.2 Å². The molecule has 150 valence electrons. The van der Waals surface area contributed by atoms with E-state index in [2.05, 4.69) is 42.2 Å². The summed E-state index contributed by atoms with van der Waals surface area (Å²) in [5.41, 5.74) is 3.17. The molecule has 0 spiro atoms. The van der Waals surface area contributed by atoms with Gasteiger partial charge in [-0.15, -0.1) is 0 Å². The molecule has 1 aromatic carbocycles. The number of benzene rings is 1. The van der Waals surface area contributed by atoms with Crippen molar-refractivity contribution < 1.29 is 4.79 Å². The van der Waals surface area contributed by atoms with E-state index in [0.717, 1.165) is 56.3 Å². The first kappa shape index (κ1) is 18.0. The van der Waals surface area contributed by atoms with Gasteiger partial charge >= 0.3 is 0 Å². The monoisotopic (exact) mass is 392 g/mol. The van der Waals surface area contributed by atoms with Gasteiger partial charge in [0.1, 0.15) is 12.7 Å². The van der Waals surface area contributed by atoms with Crippen molar-refractivity contribution in [2.24, 2.45) is 0 Å². The van der Waals surface area contributed by atoms with E-state index in [1.165, 1.54) is 5.56 Å². The number of amides is 1. The van der Waals surface area contributed by atoms with Crippen LogP contribution in [0.15, 0.2) is 43.1 Å². The van der Waals surface area contributed by atoms with Crippen LogP contribution in [0.4, 0.5) is 5.95 Å². The fourth-order valence-corrected chi connectivity index (χ4v) is 4.08. The van der Waals surface area contributed by atoms with Gasteiger partial charge in [-0.3, -0.25) is 20.0 Å². The van der Waals surface area contributed by atoms with Crippen LogP contribution in [0, 0.1) is 0 Å². The average Bonchev–Trinajstić information content (AvgIpc) is 3.11. The number of rotatable bonds is 4. The first-order chi connectivity index (χ1) is 14.3. The second-order valence-electron chi connectivity index (χ2n) is 7.49. The maximum absolute atomic E-state index is 12.8. The first-order valence-corrected chi connectivity index (χ1v) is 9.95. The third-order valence-corrected chi connectivity index (χ3v) is 5.62. The highest BCUT2D eigenvalue weighted by Crippen LogP contribution is 2.26. The van der Waals surface area contributed by atoms with Gasteiger partial charge in [0.25, 0.3) is 5.91 Å². The summed E-state index contributed by atoms with van der Waals surface area (Å²) in [5.74, 6) is 0.822. The minimum atomic E-state index is 0.0749. The molecule has 1 fully saturated rings. The highest BCUT2D eigenvalue weighted by atomic mass is 16.2. The molecule has 0 unspecified atom stereocenters. The van der Waals surface area contributed by atoms with Gasteiger partial charge in [-0.05, 0) is 17.2 Å². The van der Waals surface area contributed by atoms with Gasteiger partial charge in [0.2, 0.25) is 5.95 Å².